The second-order valence-corrected chi connectivity index (χ2v) is 8.46. The average Bonchev–Trinajstić information content (AvgIpc) is 2.54. The van der Waals surface area contributed by atoms with Crippen LogP contribution in [0.2, 0.25) is 0 Å². The van der Waals surface area contributed by atoms with Crippen LogP contribution in [0.15, 0.2) is 18.2 Å². The maximum atomic E-state index is 12.0. The van der Waals surface area contributed by atoms with Gasteiger partial charge in [-0.3, -0.25) is 4.79 Å². The highest BCUT2D eigenvalue weighted by molar-refractivity contribution is 7.89. The molecule has 0 spiro atoms. The Kier molecular flexibility index (Phi) is 6.23. The Hall–Kier alpha value is -1.60. The van der Waals surface area contributed by atoms with Gasteiger partial charge in [0, 0.05) is 19.1 Å². The molecule has 1 aromatic rings. The highest BCUT2D eigenvalue weighted by atomic mass is 32.2. The van der Waals surface area contributed by atoms with Crippen LogP contribution in [-0.2, 0) is 14.8 Å². The maximum absolute atomic E-state index is 12.0. The molecule has 7 heteroatoms. The third kappa shape index (κ3) is 4.95. The minimum Gasteiger partial charge on any atom is -0.484 e. The Morgan fingerprint density at radius 1 is 1.29 bits per heavy atom. The zero-order chi connectivity index (χ0) is 17.7. The Balaban J connectivity index is 1.78. The third-order valence-corrected chi connectivity index (χ3v) is 6.15. The molecular weight excluding hydrogens is 328 g/mol. The number of hydrogen-bond donors (Lipinski definition) is 1. The van der Waals surface area contributed by atoms with Gasteiger partial charge < -0.3 is 10.1 Å². The van der Waals surface area contributed by atoms with Crippen molar-refractivity contribution >= 4 is 15.9 Å². The SMILES string of the molecule is CCS(=O)(=O)N1CCC(NC(=O)COc2ccc(C)cc2C)CC1. The molecule has 0 radical (unpaired) electrons. The topological polar surface area (TPSA) is 75.7 Å². The first-order valence-electron chi connectivity index (χ1n) is 8.29. The summed E-state index contributed by atoms with van der Waals surface area (Å²) in [5.74, 6) is 0.653. The highest BCUT2D eigenvalue weighted by Crippen LogP contribution is 2.19. The van der Waals surface area contributed by atoms with Crippen molar-refractivity contribution in [3.63, 3.8) is 0 Å². The van der Waals surface area contributed by atoms with E-state index in [2.05, 4.69) is 5.32 Å². The Labute approximate surface area is 144 Å². The zero-order valence-electron chi connectivity index (χ0n) is 14.5. The molecule has 1 N–H and O–H groups in total. The number of aryl methyl sites for hydroxylation is 2. The maximum Gasteiger partial charge on any atom is 0.258 e. The van der Waals surface area contributed by atoms with Crippen LogP contribution in [0.3, 0.4) is 0 Å². The van der Waals surface area contributed by atoms with Gasteiger partial charge in [0.2, 0.25) is 10.0 Å². The van der Waals surface area contributed by atoms with Crippen molar-refractivity contribution in [3.05, 3.63) is 29.3 Å². The van der Waals surface area contributed by atoms with E-state index in [1.165, 1.54) is 4.31 Å². The highest BCUT2D eigenvalue weighted by Gasteiger charge is 2.27. The predicted octanol–water partition coefficient (Wildman–Crippen LogP) is 1.61. The predicted molar refractivity (Wildman–Crippen MR) is 93.6 cm³/mol. The fourth-order valence-electron chi connectivity index (χ4n) is 2.83. The number of carbonyl (C=O) groups excluding carboxylic acids is 1. The summed E-state index contributed by atoms with van der Waals surface area (Å²) in [6.45, 7) is 6.49. The van der Waals surface area contributed by atoms with Crippen LogP contribution < -0.4 is 10.1 Å². The van der Waals surface area contributed by atoms with E-state index in [0.717, 1.165) is 11.1 Å². The zero-order valence-corrected chi connectivity index (χ0v) is 15.4. The number of carbonyl (C=O) groups is 1. The molecule has 1 heterocycles. The standard InChI is InChI=1S/C17H26N2O4S/c1-4-24(21,22)19-9-7-15(8-10-19)18-17(20)12-23-16-6-5-13(2)11-14(16)3/h5-6,11,15H,4,7-10,12H2,1-3H3,(H,18,20). The largest absolute Gasteiger partial charge is 0.484 e. The van der Waals surface area contributed by atoms with Gasteiger partial charge in [-0.15, -0.1) is 0 Å². The lowest BCUT2D eigenvalue weighted by atomic mass is 10.1. The molecule has 1 aromatic carbocycles. The molecule has 0 saturated carbocycles. The van der Waals surface area contributed by atoms with Gasteiger partial charge in [-0.2, -0.15) is 0 Å². The van der Waals surface area contributed by atoms with Crippen LogP contribution in [0.5, 0.6) is 5.75 Å². The summed E-state index contributed by atoms with van der Waals surface area (Å²) >= 11 is 0. The monoisotopic (exact) mass is 354 g/mol. The van der Waals surface area contributed by atoms with E-state index in [-0.39, 0.29) is 24.3 Å². The summed E-state index contributed by atoms with van der Waals surface area (Å²) < 4.78 is 30.7. The quantitative estimate of drug-likeness (QED) is 0.842. The molecule has 0 aliphatic carbocycles. The summed E-state index contributed by atoms with van der Waals surface area (Å²) in [7, 11) is -3.13. The minimum absolute atomic E-state index is 0.00326. The summed E-state index contributed by atoms with van der Waals surface area (Å²) in [6.07, 6.45) is 1.27. The van der Waals surface area contributed by atoms with E-state index in [9.17, 15) is 13.2 Å². The van der Waals surface area contributed by atoms with E-state index in [1.54, 1.807) is 6.92 Å². The lowest BCUT2D eigenvalue weighted by Gasteiger charge is -2.31. The second-order valence-electron chi connectivity index (χ2n) is 6.20. The first-order chi connectivity index (χ1) is 11.3. The van der Waals surface area contributed by atoms with Crippen LogP contribution in [0.25, 0.3) is 0 Å². The molecule has 6 nitrogen and oxygen atoms in total. The Morgan fingerprint density at radius 2 is 1.96 bits per heavy atom. The van der Waals surface area contributed by atoms with Crippen molar-refractivity contribution < 1.29 is 17.9 Å². The van der Waals surface area contributed by atoms with Crippen molar-refractivity contribution in [2.75, 3.05) is 25.4 Å². The van der Waals surface area contributed by atoms with Crippen LogP contribution in [0.4, 0.5) is 0 Å². The average molecular weight is 354 g/mol. The van der Waals surface area contributed by atoms with E-state index in [4.69, 9.17) is 4.74 Å². The van der Waals surface area contributed by atoms with Crippen molar-refractivity contribution in [2.45, 2.75) is 39.7 Å². The van der Waals surface area contributed by atoms with E-state index in [1.807, 2.05) is 32.0 Å². The van der Waals surface area contributed by atoms with Gasteiger partial charge >= 0.3 is 0 Å². The smallest absolute Gasteiger partial charge is 0.258 e. The van der Waals surface area contributed by atoms with Gasteiger partial charge in [0.05, 0.1) is 5.75 Å². The Bertz CT molecular complexity index is 680. The van der Waals surface area contributed by atoms with Gasteiger partial charge in [0.25, 0.3) is 5.91 Å². The first kappa shape index (κ1) is 18.7. The summed E-state index contributed by atoms with van der Waals surface area (Å²) in [4.78, 5) is 12.0. The third-order valence-electron chi connectivity index (χ3n) is 4.27. The van der Waals surface area contributed by atoms with Crippen molar-refractivity contribution in [2.24, 2.45) is 0 Å². The number of ether oxygens (including phenoxy) is 1. The molecule has 24 heavy (non-hydrogen) atoms. The fraction of sp³-hybridized carbons (Fsp3) is 0.588. The molecule has 2 rings (SSSR count). The molecule has 1 aliphatic rings. The van der Waals surface area contributed by atoms with Gasteiger partial charge in [-0.1, -0.05) is 17.7 Å². The molecule has 0 unspecified atom stereocenters. The van der Waals surface area contributed by atoms with Crippen LogP contribution in [0, 0.1) is 13.8 Å². The lowest BCUT2D eigenvalue weighted by molar-refractivity contribution is -0.124. The minimum atomic E-state index is -3.13. The van der Waals surface area contributed by atoms with Crippen molar-refractivity contribution in [1.29, 1.82) is 0 Å². The van der Waals surface area contributed by atoms with Crippen LogP contribution in [0.1, 0.15) is 30.9 Å². The van der Waals surface area contributed by atoms with Gasteiger partial charge in [0.15, 0.2) is 6.61 Å². The normalized spacial score (nSPS) is 16.8. The summed E-state index contributed by atoms with van der Waals surface area (Å²) in [5, 5.41) is 2.92. The van der Waals surface area contributed by atoms with Crippen molar-refractivity contribution in [3.8, 4) is 5.75 Å². The molecular formula is C17H26N2O4S. The Morgan fingerprint density at radius 3 is 2.54 bits per heavy atom. The number of rotatable bonds is 6. The number of nitrogens with one attached hydrogen (secondary N) is 1. The fourth-order valence-corrected chi connectivity index (χ4v) is 3.97. The molecule has 1 saturated heterocycles. The number of nitrogens with zero attached hydrogens (tertiary/aromatic N) is 1. The van der Waals surface area contributed by atoms with E-state index < -0.39 is 10.0 Å². The number of piperidine rings is 1. The number of hydrogen-bond acceptors (Lipinski definition) is 4. The number of amides is 1. The molecule has 1 fully saturated rings. The second kappa shape index (κ2) is 7.98. The molecule has 0 atom stereocenters. The van der Waals surface area contributed by atoms with Crippen molar-refractivity contribution in [1.82, 2.24) is 9.62 Å². The van der Waals surface area contributed by atoms with Gasteiger partial charge in [-0.25, -0.2) is 12.7 Å². The van der Waals surface area contributed by atoms with Gasteiger partial charge in [-0.05, 0) is 45.2 Å². The van der Waals surface area contributed by atoms with E-state index in [0.29, 0.717) is 31.7 Å². The lowest BCUT2D eigenvalue weighted by Crippen LogP contribution is -2.47. The van der Waals surface area contributed by atoms with E-state index >= 15 is 0 Å². The van der Waals surface area contributed by atoms with Gasteiger partial charge in [0.1, 0.15) is 5.75 Å². The molecule has 0 aromatic heterocycles. The summed E-state index contributed by atoms with van der Waals surface area (Å²) in [6, 6.07) is 5.83. The van der Waals surface area contributed by atoms with Crippen LogP contribution >= 0.6 is 0 Å². The molecule has 0 bridgehead atoms. The first-order valence-corrected chi connectivity index (χ1v) is 9.90. The molecule has 1 amide bonds. The number of sulfonamides is 1. The molecule has 1 aliphatic heterocycles. The summed E-state index contributed by atoms with van der Waals surface area (Å²) in [5.41, 5.74) is 2.15. The van der Waals surface area contributed by atoms with Crippen LogP contribution in [-0.4, -0.2) is 50.1 Å². The number of benzene rings is 1. The molecule has 134 valence electrons.